The summed E-state index contributed by atoms with van der Waals surface area (Å²) >= 11 is 0. The summed E-state index contributed by atoms with van der Waals surface area (Å²) in [5, 5.41) is 11.5. The average molecular weight is 226 g/mol. The van der Waals surface area contributed by atoms with Gasteiger partial charge in [-0.25, -0.2) is 4.39 Å². The summed E-state index contributed by atoms with van der Waals surface area (Å²) in [6, 6.07) is 3.71. The molecule has 1 unspecified atom stereocenters. The first-order chi connectivity index (χ1) is 7.60. The highest BCUT2D eigenvalue weighted by atomic mass is 19.1. The number of para-hydroxylation sites is 1. The molecule has 1 atom stereocenters. The largest absolute Gasteiger partial charge is 0.396 e. The van der Waals surface area contributed by atoms with Crippen molar-refractivity contribution >= 4 is 11.6 Å². The van der Waals surface area contributed by atoms with Crippen LogP contribution >= 0.6 is 0 Å². The summed E-state index contributed by atoms with van der Waals surface area (Å²) in [4.78, 5) is 11.7. The summed E-state index contributed by atoms with van der Waals surface area (Å²) in [6.45, 7) is 1.67. The number of carbonyl (C=O) groups is 1. The molecule has 0 bridgehead atoms. The quantitative estimate of drug-likeness (QED) is 0.668. The molecule has 0 aliphatic heterocycles. The summed E-state index contributed by atoms with van der Waals surface area (Å²) in [5.74, 6) is -1.09. The smallest absolute Gasteiger partial charge is 0.253 e. The van der Waals surface area contributed by atoms with E-state index in [4.69, 9.17) is 10.8 Å². The van der Waals surface area contributed by atoms with Gasteiger partial charge in [-0.3, -0.25) is 4.79 Å². The number of aliphatic hydroxyl groups is 1. The highest BCUT2D eigenvalue weighted by molar-refractivity contribution is 5.99. The Morgan fingerprint density at radius 2 is 2.31 bits per heavy atom. The molecule has 1 aromatic carbocycles. The van der Waals surface area contributed by atoms with E-state index in [2.05, 4.69) is 5.32 Å². The van der Waals surface area contributed by atoms with Gasteiger partial charge in [-0.2, -0.15) is 0 Å². The van der Waals surface area contributed by atoms with Crippen molar-refractivity contribution in [3.63, 3.8) is 0 Å². The normalized spacial score (nSPS) is 12.2. The summed E-state index contributed by atoms with van der Waals surface area (Å²) < 4.78 is 13.1. The molecule has 4 nitrogen and oxygen atoms in total. The van der Waals surface area contributed by atoms with Crippen LogP contribution in [0.4, 0.5) is 10.1 Å². The Bertz CT molecular complexity index is 378. The van der Waals surface area contributed by atoms with Gasteiger partial charge in [0, 0.05) is 0 Å². The molecule has 88 valence electrons. The Labute approximate surface area is 93.3 Å². The number of carbonyl (C=O) groups excluding carboxylic acids is 1. The minimum absolute atomic E-state index is 0.0897. The lowest BCUT2D eigenvalue weighted by atomic mass is 10.1. The molecule has 0 radical (unpaired) electrons. The fourth-order valence-electron chi connectivity index (χ4n) is 1.27. The molecule has 0 saturated heterocycles. The number of nitrogens with one attached hydrogen (secondary N) is 1. The predicted molar refractivity (Wildman–Crippen MR) is 59.4 cm³/mol. The van der Waals surface area contributed by atoms with E-state index >= 15 is 0 Å². The minimum atomic E-state index is -0.621. The average Bonchev–Trinajstić information content (AvgIpc) is 2.29. The lowest BCUT2D eigenvalue weighted by Gasteiger charge is -2.14. The van der Waals surface area contributed by atoms with Crippen LogP contribution in [0.5, 0.6) is 0 Å². The van der Waals surface area contributed by atoms with Crippen LogP contribution in [-0.4, -0.2) is 23.7 Å². The molecule has 0 saturated carbocycles. The van der Waals surface area contributed by atoms with Gasteiger partial charge < -0.3 is 16.2 Å². The Morgan fingerprint density at radius 3 is 2.88 bits per heavy atom. The minimum Gasteiger partial charge on any atom is -0.396 e. The fraction of sp³-hybridized carbons (Fsp3) is 0.364. The molecule has 1 amide bonds. The van der Waals surface area contributed by atoms with Crippen molar-refractivity contribution in [3.05, 3.63) is 29.6 Å². The molecule has 0 fully saturated rings. The van der Waals surface area contributed by atoms with Gasteiger partial charge in [0.25, 0.3) is 5.91 Å². The van der Waals surface area contributed by atoms with Gasteiger partial charge in [0.2, 0.25) is 0 Å². The van der Waals surface area contributed by atoms with Crippen LogP contribution in [0.1, 0.15) is 23.7 Å². The Balaban J connectivity index is 2.84. The number of nitrogens with two attached hydrogens (primary N) is 1. The molecular weight excluding hydrogens is 211 g/mol. The number of hydrogen-bond donors (Lipinski definition) is 3. The standard InChI is InChI=1S/C11H15FN2O2/c1-2-7(6-15)14-11(16)8-4-3-5-9(12)10(8)13/h3-5,7,15H,2,6,13H2,1H3,(H,14,16). The number of nitrogen functional groups attached to an aromatic ring is 1. The number of amides is 1. The van der Waals surface area contributed by atoms with Crippen LogP contribution in [0.15, 0.2) is 18.2 Å². The van der Waals surface area contributed by atoms with E-state index in [0.717, 1.165) is 0 Å². The van der Waals surface area contributed by atoms with E-state index in [0.29, 0.717) is 6.42 Å². The van der Waals surface area contributed by atoms with Gasteiger partial charge in [0.1, 0.15) is 5.82 Å². The van der Waals surface area contributed by atoms with Gasteiger partial charge in [-0.15, -0.1) is 0 Å². The maximum absolute atomic E-state index is 13.1. The Kier molecular flexibility index (Phi) is 4.25. The Morgan fingerprint density at radius 1 is 1.62 bits per heavy atom. The second-order valence-electron chi connectivity index (χ2n) is 3.46. The lowest BCUT2D eigenvalue weighted by Crippen LogP contribution is -2.37. The van der Waals surface area contributed by atoms with Crippen molar-refractivity contribution in [1.29, 1.82) is 0 Å². The van der Waals surface area contributed by atoms with E-state index in [-0.39, 0.29) is 23.9 Å². The predicted octanol–water partition coefficient (Wildman–Crippen LogP) is 0.909. The maximum atomic E-state index is 13.1. The number of halogens is 1. The van der Waals surface area contributed by atoms with Gasteiger partial charge in [-0.05, 0) is 18.6 Å². The Hall–Kier alpha value is -1.62. The van der Waals surface area contributed by atoms with Crippen LogP contribution in [0.3, 0.4) is 0 Å². The number of hydrogen-bond acceptors (Lipinski definition) is 3. The summed E-state index contributed by atoms with van der Waals surface area (Å²) in [5.41, 5.74) is 5.36. The molecule has 0 heterocycles. The molecule has 0 aliphatic carbocycles. The van der Waals surface area contributed by atoms with Crippen molar-refractivity contribution in [2.75, 3.05) is 12.3 Å². The van der Waals surface area contributed by atoms with Crippen molar-refractivity contribution in [3.8, 4) is 0 Å². The van der Waals surface area contributed by atoms with Crippen LogP contribution in [0.25, 0.3) is 0 Å². The van der Waals surface area contributed by atoms with E-state index in [9.17, 15) is 9.18 Å². The zero-order chi connectivity index (χ0) is 12.1. The zero-order valence-electron chi connectivity index (χ0n) is 9.03. The van der Waals surface area contributed by atoms with Crippen LogP contribution in [0, 0.1) is 5.82 Å². The summed E-state index contributed by atoms with van der Waals surface area (Å²) in [6.07, 6.45) is 0.595. The first kappa shape index (κ1) is 12.4. The van der Waals surface area contributed by atoms with Crippen LogP contribution in [0.2, 0.25) is 0 Å². The van der Waals surface area contributed by atoms with E-state index in [1.807, 2.05) is 6.92 Å². The molecule has 5 heteroatoms. The van der Waals surface area contributed by atoms with Crippen LogP contribution < -0.4 is 11.1 Å². The molecule has 1 aromatic rings. The fourth-order valence-corrected chi connectivity index (χ4v) is 1.27. The zero-order valence-corrected chi connectivity index (χ0v) is 9.03. The maximum Gasteiger partial charge on any atom is 0.253 e. The van der Waals surface area contributed by atoms with Crippen molar-refractivity contribution in [2.24, 2.45) is 0 Å². The van der Waals surface area contributed by atoms with Gasteiger partial charge in [0.05, 0.1) is 23.9 Å². The molecule has 0 aromatic heterocycles. The number of aliphatic hydroxyl groups excluding tert-OH is 1. The monoisotopic (exact) mass is 226 g/mol. The molecular formula is C11H15FN2O2. The van der Waals surface area contributed by atoms with Gasteiger partial charge >= 0.3 is 0 Å². The van der Waals surface area contributed by atoms with Gasteiger partial charge in [-0.1, -0.05) is 13.0 Å². The first-order valence-electron chi connectivity index (χ1n) is 5.05. The second kappa shape index (κ2) is 5.46. The molecule has 4 N–H and O–H groups in total. The molecule has 1 rings (SSSR count). The highest BCUT2D eigenvalue weighted by Gasteiger charge is 2.15. The van der Waals surface area contributed by atoms with Crippen molar-refractivity contribution < 1.29 is 14.3 Å². The first-order valence-corrected chi connectivity index (χ1v) is 5.05. The molecule has 16 heavy (non-hydrogen) atoms. The number of anilines is 1. The highest BCUT2D eigenvalue weighted by Crippen LogP contribution is 2.15. The summed E-state index contributed by atoms with van der Waals surface area (Å²) in [7, 11) is 0. The lowest BCUT2D eigenvalue weighted by molar-refractivity contribution is 0.0915. The number of benzene rings is 1. The second-order valence-corrected chi connectivity index (χ2v) is 3.46. The molecule has 0 spiro atoms. The van der Waals surface area contributed by atoms with Gasteiger partial charge in [0.15, 0.2) is 0 Å². The number of rotatable bonds is 4. The third kappa shape index (κ3) is 2.70. The topological polar surface area (TPSA) is 75.3 Å². The van der Waals surface area contributed by atoms with Crippen molar-refractivity contribution in [2.45, 2.75) is 19.4 Å². The SMILES string of the molecule is CCC(CO)NC(=O)c1cccc(F)c1N. The van der Waals surface area contributed by atoms with Crippen LogP contribution in [-0.2, 0) is 0 Å². The van der Waals surface area contributed by atoms with E-state index in [1.165, 1.54) is 18.2 Å². The molecule has 0 aliphatic rings. The van der Waals surface area contributed by atoms with E-state index in [1.54, 1.807) is 0 Å². The third-order valence-electron chi connectivity index (χ3n) is 2.35. The van der Waals surface area contributed by atoms with E-state index < -0.39 is 11.7 Å². The van der Waals surface area contributed by atoms with Crippen molar-refractivity contribution in [1.82, 2.24) is 5.32 Å². The third-order valence-corrected chi connectivity index (χ3v) is 2.35.